The zero-order valence-electron chi connectivity index (χ0n) is 9.51. The van der Waals surface area contributed by atoms with Gasteiger partial charge in [-0.3, -0.25) is 0 Å². The quantitative estimate of drug-likeness (QED) is 0.699. The first-order chi connectivity index (χ1) is 7.69. The molecule has 1 aromatic heterocycles. The highest BCUT2D eigenvalue weighted by molar-refractivity contribution is 5.05. The Bertz CT molecular complexity index is 312. The van der Waals surface area contributed by atoms with E-state index in [1.807, 2.05) is 0 Å². The van der Waals surface area contributed by atoms with Crippen LogP contribution in [0.4, 0.5) is 0 Å². The molecule has 0 aliphatic carbocycles. The largest absolute Gasteiger partial charge is 0.467 e. The molecule has 0 amide bonds. The second-order valence-corrected chi connectivity index (χ2v) is 3.04. The lowest BCUT2D eigenvalue weighted by molar-refractivity contribution is 0.0635. The van der Waals surface area contributed by atoms with Crippen molar-refractivity contribution in [3.05, 3.63) is 5.82 Å². The van der Waals surface area contributed by atoms with Gasteiger partial charge in [0.05, 0.1) is 26.9 Å². The number of aromatic nitrogens is 3. The third kappa shape index (κ3) is 3.59. The van der Waals surface area contributed by atoms with Crippen molar-refractivity contribution in [1.82, 2.24) is 15.0 Å². The van der Waals surface area contributed by atoms with Crippen LogP contribution in [0.25, 0.3) is 0 Å². The fourth-order valence-corrected chi connectivity index (χ4v) is 1.11. The summed E-state index contributed by atoms with van der Waals surface area (Å²) in [4.78, 5) is 11.8. The Balaban J connectivity index is 2.78. The van der Waals surface area contributed by atoms with Crippen molar-refractivity contribution in [2.24, 2.45) is 0 Å². The minimum Gasteiger partial charge on any atom is -0.467 e. The van der Waals surface area contributed by atoms with Crippen LogP contribution in [0.1, 0.15) is 5.82 Å². The third-order valence-electron chi connectivity index (χ3n) is 1.78. The number of aliphatic hydroxyl groups excluding tert-OH is 1. The maximum absolute atomic E-state index is 9.52. The van der Waals surface area contributed by atoms with Crippen LogP contribution in [0.2, 0.25) is 0 Å². The molecule has 1 aromatic rings. The molecular formula is C9H15N3O4. The third-order valence-corrected chi connectivity index (χ3v) is 1.78. The molecular weight excluding hydrogens is 214 g/mol. The van der Waals surface area contributed by atoms with Gasteiger partial charge in [-0.1, -0.05) is 0 Å². The maximum Gasteiger partial charge on any atom is 0.322 e. The van der Waals surface area contributed by atoms with E-state index in [-0.39, 0.29) is 25.0 Å². The lowest BCUT2D eigenvalue weighted by Gasteiger charge is -2.09. The Hall–Kier alpha value is -1.47. The van der Waals surface area contributed by atoms with Gasteiger partial charge >= 0.3 is 12.0 Å². The van der Waals surface area contributed by atoms with E-state index in [1.165, 1.54) is 21.3 Å². The Labute approximate surface area is 93.4 Å². The lowest BCUT2D eigenvalue weighted by Crippen LogP contribution is -2.19. The summed E-state index contributed by atoms with van der Waals surface area (Å²) in [5.74, 6) is 0.397. The Morgan fingerprint density at radius 3 is 2.06 bits per heavy atom. The predicted octanol–water partition coefficient (Wildman–Crippen LogP) is -0.561. The van der Waals surface area contributed by atoms with Gasteiger partial charge in [-0.15, -0.1) is 4.98 Å². The highest BCUT2D eigenvalue weighted by Crippen LogP contribution is 2.10. The topological polar surface area (TPSA) is 86.6 Å². The summed E-state index contributed by atoms with van der Waals surface area (Å²) in [6, 6.07) is 0.318. The van der Waals surface area contributed by atoms with Crippen molar-refractivity contribution >= 4 is 0 Å². The highest BCUT2D eigenvalue weighted by Gasteiger charge is 2.11. The van der Waals surface area contributed by atoms with E-state index in [1.54, 1.807) is 0 Å². The SMILES string of the molecule is COCC(O)Cc1nc(OC)nc(OC)n1. The molecule has 0 saturated heterocycles. The predicted molar refractivity (Wildman–Crippen MR) is 54.5 cm³/mol. The monoisotopic (exact) mass is 229 g/mol. The van der Waals surface area contributed by atoms with Gasteiger partial charge in [-0.25, -0.2) is 0 Å². The van der Waals surface area contributed by atoms with Crippen molar-refractivity contribution in [1.29, 1.82) is 0 Å². The number of aliphatic hydroxyl groups is 1. The van der Waals surface area contributed by atoms with Crippen LogP contribution >= 0.6 is 0 Å². The molecule has 0 aliphatic heterocycles. The van der Waals surface area contributed by atoms with Crippen LogP contribution in [0, 0.1) is 0 Å². The molecule has 1 N–H and O–H groups in total. The Morgan fingerprint density at radius 1 is 1.06 bits per heavy atom. The molecule has 0 saturated carbocycles. The molecule has 7 heteroatoms. The number of hydrogen-bond donors (Lipinski definition) is 1. The van der Waals surface area contributed by atoms with Gasteiger partial charge in [0.25, 0.3) is 0 Å². The van der Waals surface area contributed by atoms with Gasteiger partial charge in [0.2, 0.25) is 0 Å². The molecule has 0 aromatic carbocycles. The van der Waals surface area contributed by atoms with Crippen molar-refractivity contribution in [3.8, 4) is 12.0 Å². The average Bonchev–Trinajstić information content (AvgIpc) is 2.28. The van der Waals surface area contributed by atoms with Gasteiger partial charge in [0, 0.05) is 13.5 Å². The van der Waals surface area contributed by atoms with Gasteiger partial charge < -0.3 is 19.3 Å². The van der Waals surface area contributed by atoms with Crippen LogP contribution in [0.3, 0.4) is 0 Å². The first-order valence-corrected chi connectivity index (χ1v) is 4.69. The van der Waals surface area contributed by atoms with Crippen LogP contribution in [-0.4, -0.2) is 54.1 Å². The van der Waals surface area contributed by atoms with Crippen LogP contribution < -0.4 is 9.47 Å². The summed E-state index contributed by atoms with van der Waals surface area (Å²) in [6.45, 7) is 0.219. The summed E-state index contributed by atoms with van der Waals surface area (Å²) in [7, 11) is 4.41. The van der Waals surface area contributed by atoms with Gasteiger partial charge in [0.15, 0.2) is 0 Å². The molecule has 1 rings (SSSR count). The van der Waals surface area contributed by atoms with Gasteiger partial charge in [0.1, 0.15) is 5.82 Å². The van der Waals surface area contributed by atoms with Crippen molar-refractivity contribution in [3.63, 3.8) is 0 Å². The summed E-state index contributed by atoms with van der Waals surface area (Å²) in [5.41, 5.74) is 0. The second-order valence-electron chi connectivity index (χ2n) is 3.04. The summed E-state index contributed by atoms with van der Waals surface area (Å²) in [5, 5.41) is 9.52. The number of hydrogen-bond acceptors (Lipinski definition) is 7. The lowest BCUT2D eigenvalue weighted by atomic mass is 10.2. The molecule has 1 unspecified atom stereocenters. The van der Waals surface area contributed by atoms with Crippen molar-refractivity contribution < 1.29 is 19.3 Å². The molecule has 0 radical (unpaired) electrons. The van der Waals surface area contributed by atoms with E-state index in [0.29, 0.717) is 5.82 Å². The summed E-state index contributed by atoms with van der Waals surface area (Å²) < 4.78 is 14.6. The molecule has 0 fully saturated rings. The average molecular weight is 229 g/mol. The molecule has 90 valence electrons. The molecule has 0 aliphatic rings. The standard InChI is InChI=1S/C9H15N3O4/c1-14-5-6(13)4-7-10-8(15-2)12-9(11-7)16-3/h6,13H,4-5H2,1-3H3. The molecule has 1 atom stereocenters. The molecule has 1 heterocycles. The fraction of sp³-hybridized carbons (Fsp3) is 0.667. The summed E-state index contributed by atoms with van der Waals surface area (Å²) in [6.07, 6.45) is -0.412. The minimum atomic E-state index is -0.665. The number of methoxy groups -OCH3 is 3. The maximum atomic E-state index is 9.52. The van der Waals surface area contributed by atoms with E-state index in [9.17, 15) is 5.11 Å². The molecule has 16 heavy (non-hydrogen) atoms. The minimum absolute atomic E-state index is 0.159. The van der Waals surface area contributed by atoms with Crippen LogP contribution in [0.5, 0.6) is 12.0 Å². The fourth-order valence-electron chi connectivity index (χ4n) is 1.11. The van der Waals surface area contributed by atoms with Gasteiger partial charge in [-0.2, -0.15) is 9.97 Å². The van der Waals surface area contributed by atoms with E-state index in [4.69, 9.17) is 14.2 Å². The van der Waals surface area contributed by atoms with Crippen molar-refractivity contribution in [2.75, 3.05) is 27.9 Å². The van der Waals surface area contributed by atoms with E-state index in [0.717, 1.165) is 0 Å². The second kappa shape index (κ2) is 6.19. The van der Waals surface area contributed by atoms with Crippen molar-refractivity contribution in [2.45, 2.75) is 12.5 Å². The van der Waals surface area contributed by atoms with E-state index in [2.05, 4.69) is 15.0 Å². The Kier molecular flexibility index (Phi) is 4.87. The smallest absolute Gasteiger partial charge is 0.322 e. The molecule has 0 spiro atoms. The van der Waals surface area contributed by atoms with Crippen LogP contribution in [-0.2, 0) is 11.2 Å². The zero-order valence-corrected chi connectivity index (χ0v) is 9.51. The number of ether oxygens (including phenoxy) is 3. The first-order valence-electron chi connectivity index (χ1n) is 4.69. The molecule has 7 nitrogen and oxygen atoms in total. The summed E-state index contributed by atoms with van der Waals surface area (Å²) >= 11 is 0. The van der Waals surface area contributed by atoms with Crippen LogP contribution in [0.15, 0.2) is 0 Å². The number of nitrogens with zero attached hydrogens (tertiary/aromatic N) is 3. The molecule has 0 bridgehead atoms. The zero-order chi connectivity index (χ0) is 12.0. The Morgan fingerprint density at radius 2 is 1.62 bits per heavy atom. The number of rotatable bonds is 6. The van der Waals surface area contributed by atoms with Gasteiger partial charge in [-0.05, 0) is 0 Å². The highest BCUT2D eigenvalue weighted by atomic mass is 16.5. The first kappa shape index (κ1) is 12.6. The normalized spacial score (nSPS) is 12.2. The van der Waals surface area contributed by atoms with E-state index < -0.39 is 6.10 Å². The van der Waals surface area contributed by atoms with E-state index >= 15 is 0 Å².